The summed E-state index contributed by atoms with van der Waals surface area (Å²) < 4.78 is 28.9. The molecule has 1 fully saturated rings. The topological polar surface area (TPSA) is 54.3 Å². The van der Waals surface area contributed by atoms with Gasteiger partial charge < -0.3 is 9.88 Å². The molecule has 114 valence electrons. The molecule has 0 bridgehead atoms. The Labute approximate surface area is 122 Å². The van der Waals surface area contributed by atoms with E-state index in [1.807, 2.05) is 18.5 Å². The Hall–Kier alpha value is -0.850. The lowest BCUT2D eigenvalue weighted by Crippen LogP contribution is -2.31. The van der Waals surface area contributed by atoms with Crippen LogP contribution in [0.5, 0.6) is 0 Å². The van der Waals surface area contributed by atoms with Crippen molar-refractivity contribution >= 4 is 10.0 Å². The number of hydrogen-bond acceptors (Lipinski definition) is 3. The van der Waals surface area contributed by atoms with Crippen LogP contribution in [0.2, 0.25) is 0 Å². The first-order valence-corrected chi connectivity index (χ1v) is 8.86. The molecule has 1 aliphatic heterocycles. The molecule has 0 aromatic carbocycles. The Morgan fingerprint density at radius 3 is 2.45 bits per heavy atom. The highest BCUT2D eigenvalue weighted by Crippen LogP contribution is 2.21. The predicted molar refractivity (Wildman–Crippen MR) is 80.0 cm³/mol. The van der Waals surface area contributed by atoms with Crippen molar-refractivity contribution in [3.8, 4) is 0 Å². The molecule has 0 aliphatic carbocycles. The van der Waals surface area contributed by atoms with E-state index in [4.69, 9.17) is 0 Å². The fraction of sp³-hybridized carbons (Fsp3) is 0.714. The van der Waals surface area contributed by atoms with Crippen molar-refractivity contribution in [1.82, 2.24) is 14.2 Å². The second-order valence-electron chi connectivity index (χ2n) is 5.38. The van der Waals surface area contributed by atoms with Crippen LogP contribution in [0.3, 0.4) is 0 Å². The van der Waals surface area contributed by atoms with Gasteiger partial charge in [0.05, 0.1) is 0 Å². The molecule has 0 radical (unpaired) electrons. The quantitative estimate of drug-likeness (QED) is 0.900. The zero-order valence-electron chi connectivity index (χ0n) is 12.4. The molecule has 0 amide bonds. The fourth-order valence-corrected chi connectivity index (χ4v) is 4.19. The van der Waals surface area contributed by atoms with E-state index < -0.39 is 10.0 Å². The van der Waals surface area contributed by atoms with Gasteiger partial charge >= 0.3 is 0 Å². The minimum atomic E-state index is -3.33. The first-order chi connectivity index (χ1) is 9.55. The Morgan fingerprint density at radius 1 is 1.20 bits per heavy atom. The van der Waals surface area contributed by atoms with E-state index >= 15 is 0 Å². The molecule has 0 saturated carbocycles. The van der Waals surface area contributed by atoms with E-state index in [-0.39, 0.29) is 0 Å². The smallest absolute Gasteiger partial charge is 0.244 e. The van der Waals surface area contributed by atoms with E-state index in [0.29, 0.717) is 24.5 Å². The number of rotatable bonds is 5. The van der Waals surface area contributed by atoms with Crippen LogP contribution in [0.1, 0.15) is 38.3 Å². The van der Waals surface area contributed by atoms with Crippen LogP contribution < -0.4 is 5.32 Å². The van der Waals surface area contributed by atoms with Gasteiger partial charge in [-0.25, -0.2) is 8.42 Å². The van der Waals surface area contributed by atoms with E-state index in [2.05, 4.69) is 5.32 Å². The molecule has 20 heavy (non-hydrogen) atoms. The maximum atomic E-state index is 12.7. The molecular weight excluding hydrogens is 274 g/mol. The summed E-state index contributed by atoms with van der Waals surface area (Å²) in [6, 6.07) is 1.79. The monoisotopic (exact) mass is 299 g/mol. The van der Waals surface area contributed by atoms with Crippen LogP contribution in [0.4, 0.5) is 0 Å². The summed E-state index contributed by atoms with van der Waals surface area (Å²) in [7, 11) is -1.43. The van der Waals surface area contributed by atoms with Gasteiger partial charge in [0.2, 0.25) is 10.0 Å². The summed E-state index contributed by atoms with van der Waals surface area (Å²) in [4.78, 5) is 0.426. The van der Waals surface area contributed by atoms with Gasteiger partial charge in [-0.1, -0.05) is 19.8 Å². The molecule has 1 aromatic rings. The zero-order valence-corrected chi connectivity index (χ0v) is 13.2. The van der Waals surface area contributed by atoms with E-state index in [1.165, 1.54) is 0 Å². The molecule has 1 aromatic heterocycles. The van der Waals surface area contributed by atoms with Crippen LogP contribution in [0.15, 0.2) is 17.2 Å². The van der Waals surface area contributed by atoms with Gasteiger partial charge in [-0.2, -0.15) is 4.31 Å². The summed E-state index contributed by atoms with van der Waals surface area (Å²) in [5.41, 5.74) is 1.00. The number of aromatic nitrogens is 1. The van der Waals surface area contributed by atoms with Gasteiger partial charge in [0.1, 0.15) is 4.90 Å². The third-order valence-corrected chi connectivity index (χ3v) is 5.71. The highest BCUT2D eigenvalue weighted by Gasteiger charge is 2.26. The number of nitrogens with zero attached hydrogens (tertiary/aromatic N) is 2. The molecule has 2 heterocycles. The lowest BCUT2D eigenvalue weighted by molar-refractivity contribution is 0.423. The summed E-state index contributed by atoms with van der Waals surface area (Å²) >= 11 is 0. The average Bonchev–Trinajstić information content (AvgIpc) is 2.66. The first kappa shape index (κ1) is 15.5. The molecule has 0 unspecified atom stereocenters. The van der Waals surface area contributed by atoms with E-state index in [9.17, 15) is 8.42 Å². The van der Waals surface area contributed by atoms with Crippen molar-refractivity contribution in [1.29, 1.82) is 0 Å². The molecule has 6 heteroatoms. The Balaban J connectivity index is 2.20. The molecule has 0 spiro atoms. The third-order valence-electron chi connectivity index (χ3n) is 3.84. The Morgan fingerprint density at radius 2 is 1.85 bits per heavy atom. The van der Waals surface area contributed by atoms with Crippen LogP contribution in [0, 0.1) is 0 Å². The highest BCUT2D eigenvalue weighted by molar-refractivity contribution is 7.89. The molecule has 5 nitrogen and oxygen atoms in total. The Bertz CT molecular complexity index is 529. The molecule has 0 atom stereocenters. The van der Waals surface area contributed by atoms with Crippen LogP contribution in [0.25, 0.3) is 0 Å². The summed E-state index contributed by atoms with van der Waals surface area (Å²) in [6.45, 7) is 4.92. The predicted octanol–water partition coefficient (Wildman–Crippen LogP) is 1.70. The maximum absolute atomic E-state index is 12.7. The minimum absolute atomic E-state index is 0.426. The van der Waals surface area contributed by atoms with Crippen LogP contribution in [-0.2, 0) is 23.6 Å². The maximum Gasteiger partial charge on any atom is 0.244 e. The summed E-state index contributed by atoms with van der Waals surface area (Å²) in [6.07, 6.45) is 5.93. The third kappa shape index (κ3) is 3.42. The van der Waals surface area contributed by atoms with Crippen molar-refractivity contribution < 1.29 is 8.42 Å². The molecule has 1 aliphatic rings. The van der Waals surface area contributed by atoms with Crippen molar-refractivity contribution in [2.75, 3.05) is 19.6 Å². The van der Waals surface area contributed by atoms with Gasteiger partial charge in [-0.05, 0) is 25.5 Å². The molecule has 2 rings (SSSR count). The second-order valence-corrected chi connectivity index (χ2v) is 7.31. The summed E-state index contributed by atoms with van der Waals surface area (Å²) in [5.74, 6) is 0. The largest absolute Gasteiger partial charge is 0.352 e. The number of aryl methyl sites for hydroxylation is 1. The highest BCUT2D eigenvalue weighted by atomic mass is 32.2. The van der Waals surface area contributed by atoms with Crippen LogP contribution in [-0.4, -0.2) is 36.9 Å². The minimum Gasteiger partial charge on any atom is -0.352 e. The van der Waals surface area contributed by atoms with Gasteiger partial charge in [0.15, 0.2) is 0 Å². The standard InChI is InChI=1S/C14H25N3O2S/c1-3-15-11-13-10-14(12-16(13)2)20(18,19)17-8-6-4-5-7-9-17/h10,12,15H,3-9,11H2,1-2H3. The molecule has 1 saturated heterocycles. The fourth-order valence-electron chi connectivity index (χ4n) is 2.58. The number of hydrogen-bond donors (Lipinski definition) is 1. The van der Waals surface area contributed by atoms with Gasteiger partial charge in [0, 0.05) is 38.6 Å². The Kier molecular flexibility index (Phi) is 5.23. The lowest BCUT2D eigenvalue weighted by atomic mass is 10.2. The van der Waals surface area contributed by atoms with Gasteiger partial charge in [-0.3, -0.25) is 0 Å². The normalized spacial score (nSPS) is 18.1. The van der Waals surface area contributed by atoms with Crippen molar-refractivity contribution in [2.24, 2.45) is 7.05 Å². The van der Waals surface area contributed by atoms with Gasteiger partial charge in [-0.15, -0.1) is 0 Å². The van der Waals surface area contributed by atoms with Crippen molar-refractivity contribution in [2.45, 2.75) is 44.0 Å². The number of sulfonamides is 1. The van der Waals surface area contributed by atoms with E-state index in [0.717, 1.165) is 37.9 Å². The summed E-state index contributed by atoms with van der Waals surface area (Å²) in [5, 5.41) is 3.23. The molecular formula is C14H25N3O2S. The SMILES string of the molecule is CCNCc1cc(S(=O)(=O)N2CCCCCC2)cn1C. The zero-order chi connectivity index (χ0) is 14.6. The average molecular weight is 299 g/mol. The van der Waals surface area contributed by atoms with Gasteiger partial charge in [0.25, 0.3) is 0 Å². The van der Waals surface area contributed by atoms with Crippen molar-refractivity contribution in [3.63, 3.8) is 0 Å². The van der Waals surface area contributed by atoms with E-state index in [1.54, 1.807) is 16.6 Å². The first-order valence-electron chi connectivity index (χ1n) is 7.42. The van der Waals surface area contributed by atoms with Crippen molar-refractivity contribution in [3.05, 3.63) is 18.0 Å². The second kappa shape index (κ2) is 6.74. The van der Waals surface area contributed by atoms with Crippen LogP contribution >= 0.6 is 0 Å². The number of nitrogens with one attached hydrogen (secondary N) is 1. The molecule has 1 N–H and O–H groups in total. The lowest BCUT2D eigenvalue weighted by Gasteiger charge is -2.18.